The van der Waals surface area contributed by atoms with Crippen LogP contribution in [0.4, 0.5) is 0 Å². The van der Waals surface area contributed by atoms with Gasteiger partial charge in [0.2, 0.25) is 0 Å². The fourth-order valence-corrected chi connectivity index (χ4v) is 3.23. The molecule has 0 saturated carbocycles. The first-order valence-electron chi connectivity index (χ1n) is 8.58. The van der Waals surface area contributed by atoms with Crippen LogP contribution in [0.5, 0.6) is 0 Å². The van der Waals surface area contributed by atoms with Crippen LogP contribution < -0.4 is 0 Å². The largest absolute Gasteiger partial charge is 0.368 e. The molecule has 3 rings (SSSR count). The van der Waals surface area contributed by atoms with Gasteiger partial charge in [0, 0.05) is 0 Å². The van der Waals surface area contributed by atoms with Crippen LogP contribution >= 0.6 is 0 Å². The molecule has 0 aromatic heterocycles. The zero-order valence-electron chi connectivity index (χ0n) is 15.1. The van der Waals surface area contributed by atoms with Crippen molar-refractivity contribution >= 4 is 6.29 Å². The normalized spacial score (nSPS) is 31.8. The number of rotatable bonds is 6. The summed E-state index contributed by atoms with van der Waals surface area (Å²) < 4.78 is 29.5. The summed E-state index contributed by atoms with van der Waals surface area (Å²) >= 11 is 0. The number of ether oxygens (including phenoxy) is 5. The van der Waals surface area contributed by atoms with E-state index in [1.807, 2.05) is 44.2 Å². The number of carbonyl (C=O) groups is 1. The number of aldehydes is 1. The molecule has 2 fully saturated rings. The van der Waals surface area contributed by atoms with Crippen molar-refractivity contribution in [1.82, 2.24) is 0 Å². The number of hydrogen-bond acceptors (Lipinski definition) is 6. The molecule has 6 nitrogen and oxygen atoms in total. The summed E-state index contributed by atoms with van der Waals surface area (Å²) in [6.45, 7) is 8.04. The molecule has 0 unspecified atom stereocenters. The quantitative estimate of drug-likeness (QED) is 0.735. The van der Waals surface area contributed by atoms with Crippen molar-refractivity contribution in [3.8, 4) is 0 Å². The molecule has 2 aliphatic heterocycles. The molecule has 0 spiro atoms. The van der Waals surface area contributed by atoms with Crippen LogP contribution in [-0.2, 0) is 35.1 Å². The smallest absolute Gasteiger partial charge is 0.164 e. The lowest BCUT2D eigenvalue weighted by atomic mass is 10.0. The Hall–Kier alpha value is -1.31. The average Bonchev–Trinajstić information content (AvgIpc) is 3.07. The number of carbonyl (C=O) groups excluding carboxylic acids is 1. The molecule has 0 bridgehead atoms. The maximum atomic E-state index is 11.5. The average molecular weight is 350 g/mol. The zero-order chi connectivity index (χ0) is 18.1. The molecular formula is C19H26O6. The van der Waals surface area contributed by atoms with Gasteiger partial charge in [-0.3, -0.25) is 0 Å². The Bertz CT molecular complexity index is 585. The zero-order valence-corrected chi connectivity index (χ0v) is 15.1. The van der Waals surface area contributed by atoms with Crippen molar-refractivity contribution in [3.63, 3.8) is 0 Å². The standard InChI is InChI=1S/C19H26O6/c1-18(2)22-12-15(24-18)16(21-11-13-8-6-5-7-9-13)17-14(10-20)23-19(3,4)25-17/h5-10,14-17H,11-12H2,1-4H3/t14-,15+,16+,17+/m0/s1. The second-order valence-corrected chi connectivity index (χ2v) is 7.33. The van der Waals surface area contributed by atoms with Gasteiger partial charge in [0.15, 0.2) is 17.9 Å². The van der Waals surface area contributed by atoms with Crippen LogP contribution in [0.2, 0.25) is 0 Å². The SMILES string of the molecule is CC1(C)O[C@@H]([C@H](OCc2ccccc2)[C@H]2COC(C)(C)O2)[C@H](C=O)O1. The third kappa shape index (κ3) is 4.46. The highest BCUT2D eigenvalue weighted by Gasteiger charge is 2.51. The van der Waals surface area contributed by atoms with Gasteiger partial charge in [-0.25, -0.2) is 0 Å². The molecule has 2 aliphatic rings. The molecule has 2 saturated heterocycles. The van der Waals surface area contributed by atoms with Crippen molar-refractivity contribution in [2.24, 2.45) is 0 Å². The summed E-state index contributed by atoms with van der Waals surface area (Å²) in [7, 11) is 0. The third-order valence-corrected chi connectivity index (χ3v) is 4.30. The molecule has 0 N–H and O–H groups in total. The summed E-state index contributed by atoms with van der Waals surface area (Å²) in [6.07, 6.45) is -1.33. The maximum Gasteiger partial charge on any atom is 0.164 e. The predicted molar refractivity (Wildman–Crippen MR) is 89.8 cm³/mol. The Kier molecular flexibility index (Phi) is 5.27. The highest BCUT2D eigenvalue weighted by molar-refractivity contribution is 5.58. The first-order chi connectivity index (χ1) is 11.8. The van der Waals surface area contributed by atoms with Crippen molar-refractivity contribution in [2.45, 2.75) is 70.3 Å². The molecule has 138 valence electrons. The Morgan fingerprint density at radius 1 is 1.12 bits per heavy atom. The van der Waals surface area contributed by atoms with E-state index in [9.17, 15) is 4.79 Å². The van der Waals surface area contributed by atoms with Gasteiger partial charge in [-0.1, -0.05) is 30.3 Å². The van der Waals surface area contributed by atoms with E-state index in [0.717, 1.165) is 11.8 Å². The monoisotopic (exact) mass is 350 g/mol. The lowest BCUT2D eigenvalue weighted by Gasteiger charge is -2.30. The van der Waals surface area contributed by atoms with Crippen LogP contribution in [0.3, 0.4) is 0 Å². The van der Waals surface area contributed by atoms with Crippen LogP contribution in [0.15, 0.2) is 30.3 Å². The Labute approximate surface area is 148 Å². The van der Waals surface area contributed by atoms with Gasteiger partial charge >= 0.3 is 0 Å². The number of hydrogen-bond donors (Lipinski definition) is 0. The molecule has 1 aromatic rings. The van der Waals surface area contributed by atoms with Gasteiger partial charge < -0.3 is 28.5 Å². The second kappa shape index (κ2) is 7.13. The molecule has 0 aliphatic carbocycles. The Balaban J connectivity index is 1.78. The molecule has 2 heterocycles. The topological polar surface area (TPSA) is 63.2 Å². The Morgan fingerprint density at radius 2 is 1.84 bits per heavy atom. The van der Waals surface area contributed by atoms with Gasteiger partial charge in [0.25, 0.3) is 0 Å². The molecule has 0 amide bonds. The van der Waals surface area contributed by atoms with Gasteiger partial charge in [0.05, 0.1) is 13.2 Å². The third-order valence-electron chi connectivity index (χ3n) is 4.30. The van der Waals surface area contributed by atoms with E-state index < -0.39 is 29.9 Å². The first-order valence-corrected chi connectivity index (χ1v) is 8.58. The van der Waals surface area contributed by atoms with Crippen LogP contribution in [0.1, 0.15) is 33.3 Å². The van der Waals surface area contributed by atoms with E-state index in [1.54, 1.807) is 13.8 Å². The number of benzene rings is 1. The van der Waals surface area contributed by atoms with Gasteiger partial charge in [0.1, 0.15) is 24.4 Å². The molecular weight excluding hydrogens is 324 g/mol. The summed E-state index contributed by atoms with van der Waals surface area (Å²) in [6, 6.07) is 9.84. The van der Waals surface area contributed by atoms with Crippen LogP contribution in [-0.4, -0.2) is 48.9 Å². The highest BCUT2D eigenvalue weighted by atomic mass is 16.8. The fourth-order valence-electron chi connectivity index (χ4n) is 3.23. The van der Waals surface area contributed by atoms with E-state index in [-0.39, 0.29) is 6.10 Å². The van der Waals surface area contributed by atoms with Gasteiger partial charge in [-0.2, -0.15) is 0 Å². The summed E-state index contributed by atoms with van der Waals surface area (Å²) in [5, 5.41) is 0. The minimum Gasteiger partial charge on any atom is -0.368 e. The minimum atomic E-state index is -0.848. The van der Waals surface area contributed by atoms with E-state index in [4.69, 9.17) is 23.7 Å². The predicted octanol–water partition coefficient (Wildman–Crippen LogP) is 2.44. The van der Waals surface area contributed by atoms with Crippen molar-refractivity contribution < 1.29 is 28.5 Å². The summed E-state index contributed by atoms with van der Waals surface area (Å²) in [5.74, 6) is -1.54. The maximum absolute atomic E-state index is 11.5. The molecule has 6 heteroatoms. The molecule has 25 heavy (non-hydrogen) atoms. The van der Waals surface area contributed by atoms with E-state index >= 15 is 0 Å². The molecule has 0 radical (unpaired) electrons. The fraction of sp³-hybridized carbons (Fsp3) is 0.632. The summed E-state index contributed by atoms with van der Waals surface area (Å²) in [5.41, 5.74) is 1.03. The second-order valence-electron chi connectivity index (χ2n) is 7.33. The van der Waals surface area contributed by atoms with Gasteiger partial charge in [-0.15, -0.1) is 0 Å². The van der Waals surface area contributed by atoms with Crippen LogP contribution in [0, 0.1) is 0 Å². The van der Waals surface area contributed by atoms with Crippen LogP contribution in [0.25, 0.3) is 0 Å². The van der Waals surface area contributed by atoms with Crippen molar-refractivity contribution in [2.75, 3.05) is 6.61 Å². The Morgan fingerprint density at radius 3 is 2.44 bits per heavy atom. The first kappa shape index (κ1) is 18.5. The lowest BCUT2D eigenvalue weighted by molar-refractivity contribution is -0.190. The van der Waals surface area contributed by atoms with Gasteiger partial charge in [-0.05, 0) is 33.3 Å². The highest BCUT2D eigenvalue weighted by Crippen LogP contribution is 2.35. The van der Waals surface area contributed by atoms with E-state index in [1.165, 1.54) is 0 Å². The minimum absolute atomic E-state index is 0.344. The molecule has 1 aromatic carbocycles. The summed E-state index contributed by atoms with van der Waals surface area (Å²) in [4.78, 5) is 11.5. The van der Waals surface area contributed by atoms with Crippen molar-refractivity contribution in [1.29, 1.82) is 0 Å². The van der Waals surface area contributed by atoms with Crippen molar-refractivity contribution in [3.05, 3.63) is 35.9 Å². The molecule has 4 atom stereocenters. The lowest BCUT2D eigenvalue weighted by Crippen LogP contribution is -2.47. The van der Waals surface area contributed by atoms with E-state index in [0.29, 0.717) is 13.2 Å². The van der Waals surface area contributed by atoms with E-state index in [2.05, 4.69) is 0 Å².